The molecule has 1 amide bonds. The third-order valence-electron chi connectivity index (χ3n) is 4.83. The van der Waals surface area contributed by atoms with Gasteiger partial charge in [0.25, 0.3) is 5.69 Å². The molecule has 0 bridgehead atoms. The van der Waals surface area contributed by atoms with Crippen LogP contribution in [0.5, 0.6) is 0 Å². The van der Waals surface area contributed by atoms with Crippen molar-refractivity contribution in [3.8, 4) is 0 Å². The van der Waals surface area contributed by atoms with E-state index in [1.54, 1.807) is 0 Å². The van der Waals surface area contributed by atoms with Gasteiger partial charge in [0.05, 0.1) is 16.2 Å². The van der Waals surface area contributed by atoms with Crippen LogP contribution in [0.4, 0.5) is 5.69 Å². The molecule has 1 aromatic carbocycles. The number of nitro groups is 1. The van der Waals surface area contributed by atoms with E-state index in [1.165, 1.54) is 0 Å². The number of nitrogens with zero attached hydrogens (tertiary/aromatic N) is 1. The summed E-state index contributed by atoms with van der Waals surface area (Å²) in [4.78, 5) is 33.1. The summed E-state index contributed by atoms with van der Waals surface area (Å²) in [5, 5.41) is 19.8. The van der Waals surface area contributed by atoms with Gasteiger partial charge in [0.15, 0.2) is 0 Å². The lowest BCUT2D eigenvalue weighted by molar-refractivity contribution is -0.384. The third kappa shape index (κ3) is 5.99. The Morgan fingerprint density at radius 1 is 1.11 bits per heavy atom. The molecule has 0 spiro atoms. The summed E-state index contributed by atoms with van der Waals surface area (Å²) < 4.78 is 28.8. The zero-order valence-corrected chi connectivity index (χ0v) is 15.9. The van der Waals surface area contributed by atoms with Crippen molar-refractivity contribution >= 4 is 27.7 Å². The van der Waals surface area contributed by atoms with E-state index in [2.05, 4.69) is 4.28 Å². The number of nitro benzene ring substituents is 1. The highest BCUT2D eigenvalue weighted by Gasteiger charge is 2.36. The number of hydrogen-bond acceptors (Lipinski definition) is 7. The molecular formula is C17H22N2O8S. The lowest BCUT2D eigenvalue weighted by Gasteiger charge is -2.30. The topological polar surface area (TPSA) is 153 Å². The fraction of sp³-hybridized carbons (Fsp3) is 0.529. The number of amides is 1. The summed E-state index contributed by atoms with van der Waals surface area (Å²) in [6.07, 6.45) is 4.36. The first kappa shape index (κ1) is 21.8. The summed E-state index contributed by atoms with van der Waals surface area (Å²) in [5.74, 6) is -1.73. The second kappa shape index (κ2) is 9.11. The van der Waals surface area contributed by atoms with Gasteiger partial charge in [-0.25, -0.2) is 5.48 Å². The fourth-order valence-electron chi connectivity index (χ4n) is 3.48. The van der Waals surface area contributed by atoms with Crippen LogP contribution in [0, 0.1) is 15.5 Å². The Kier molecular flexibility index (Phi) is 7.08. The van der Waals surface area contributed by atoms with E-state index in [0.717, 1.165) is 49.9 Å². The number of carbonyl (C=O) groups is 2. The van der Waals surface area contributed by atoms with Crippen molar-refractivity contribution in [3.63, 3.8) is 0 Å². The Hall–Kier alpha value is -2.53. The molecule has 0 aliphatic heterocycles. The minimum absolute atomic E-state index is 0.158. The average Bonchev–Trinajstić information content (AvgIpc) is 2.85. The van der Waals surface area contributed by atoms with E-state index in [0.29, 0.717) is 12.8 Å². The van der Waals surface area contributed by atoms with Crippen LogP contribution in [0.25, 0.3) is 0 Å². The lowest BCUT2D eigenvalue weighted by atomic mass is 9.74. The summed E-state index contributed by atoms with van der Waals surface area (Å²) >= 11 is 0. The zero-order valence-electron chi connectivity index (χ0n) is 15.1. The summed E-state index contributed by atoms with van der Waals surface area (Å²) in [6, 6.07) is 4.00. The molecule has 2 rings (SSSR count). The Morgan fingerprint density at radius 3 is 2.18 bits per heavy atom. The molecule has 10 nitrogen and oxygen atoms in total. The number of carbonyl (C=O) groups excluding carboxylic acids is 1. The van der Waals surface area contributed by atoms with Crippen molar-refractivity contribution in [3.05, 3.63) is 34.4 Å². The van der Waals surface area contributed by atoms with Gasteiger partial charge in [-0.1, -0.05) is 25.7 Å². The molecule has 0 aromatic heterocycles. The Balaban J connectivity index is 2.02. The fourth-order valence-corrected chi connectivity index (χ4v) is 4.24. The van der Waals surface area contributed by atoms with E-state index in [4.69, 9.17) is 0 Å². The monoisotopic (exact) mass is 414 g/mol. The van der Waals surface area contributed by atoms with Crippen molar-refractivity contribution in [1.82, 2.24) is 5.48 Å². The maximum atomic E-state index is 12.2. The summed E-state index contributed by atoms with van der Waals surface area (Å²) in [5.41, 5.74) is 0.856. The molecule has 1 fully saturated rings. The highest BCUT2D eigenvalue weighted by molar-refractivity contribution is 7.86. The predicted octanol–water partition coefficient (Wildman–Crippen LogP) is 2.54. The quantitative estimate of drug-likeness (QED) is 0.374. The predicted molar refractivity (Wildman–Crippen MR) is 96.5 cm³/mol. The average molecular weight is 414 g/mol. The van der Waals surface area contributed by atoms with Crippen molar-refractivity contribution in [2.45, 2.75) is 56.3 Å². The standard InChI is InChI=1S/C17H22N2O8S/c20-15(11-17(12-16(21)22)9-3-1-2-4-10-17)18-27-28(25,26)14-7-5-13(6-8-14)19(23)24/h5-8H,1-4,9-12H2,(H,18,20)(H,21,22). The first-order valence-electron chi connectivity index (χ1n) is 8.82. The van der Waals surface area contributed by atoms with Gasteiger partial charge >= 0.3 is 16.1 Å². The van der Waals surface area contributed by atoms with Gasteiger partial charge in [-0.3, -0.25) is 19.7 Å². The zero-order chi connectivity index (χ0) is 20.8. The van der Waals surface area contributed by atoms with Crippen LogP contribution in [-0.2, 0) is 24.0 Å². The molecule has 0 unspecified atom stereocenters. The van der Waals surface area contributed by atoms with Crippen LogP contribution >= 0.6 is 0 Å². The number of hydroxylamine groups is 1. The molecule has 0 heterocycles. The van der Waals surface area contributed by atoms with Crippen LogP contribution in [0.2, 0.25) is 0 Å². The highest BCUT2D eigenvalue weighted by Crippen LogP contribution is 2.41. The Morgan fingerprint density at radius 2 is 1.68 bits per heavy atom. The molecule has 1 aromatic rings. The largest absolute Gasteiger partial charge is 0.481 e. The first-order chi connectivity index (χ1) is 13.1. The molecule has 0 saturated heterocycles. The summed E-state index contributed by atoms with van der Waals surface area (Å²) in [7, 11) is -4.36. The normalized spacial score (nSPS) is 16.7. The second-order valence-electron chi connectivity index (χ2n) is 6.98. The smallest absolute Gasteiger partial charge is 0.317 e. The first-order valence-corrected chi connectivity index (χ1v) is 10.2. The molecule has 2 N–H and O–H groups in total. The van der Waals surface area contributed by atoms with Crippen molar-refractivity contribution < 1.29 is 32.3 Å². The van der Waals surface area contributed by atoms with Crippen LogP contribution < -0.4 is 5.48 Å². The molecule has 11 heteroatoms. The maximum Gasteiger partial charge on any atom is 0.317 e. The maximum absolute atomic E-state index is 12.2. The minimum Gasteiger partial charge on any atom is -0.481 e. The Labute approximate surface area is 162 Å². The van der Waals surface area contributed by atoms with Crippen molar-refractivity contribution in [2.75, 3.05) is 0 Å². The number of hydrogen-bond donors (Lipinski definition) is 2. The molecule has 1 saturated carbocycles. The van der Waals surface area contributed by atoms with E-state index in [-0.39, 0.29) is 23.4 Å². The number of carboxylic acid groups (broad SMARTS) is 1. The number of non-ortho nitro benzene ring substituents is 1. The molecule has 1 aliphatic rings. The number of nitrogens with one attached hydrogen (secondary N) is 1. The van der Waals surface area contributed by atoms with E-state index in [9.17, 15) is 33.2 Å². The molecule has 0 atom stereocenters. The van der Waals surface area contributed by atoms with Gasteiger partial charge in [-0.05, 0) is 30.4 Å². The number of rotatable bonds is 8. The van der Waals surface area contributed by atoms with Gasteiger partial charge in [0.1, 0.15) is 0 Å². The molecule has 154 valence electrons. The van der Waals surface area contributed by atoms with Crippen molar-refractivity contribution in [1.29, 1.82) is 0 Å². The number of aliphatic carboxylic acids is 1. The second-order valence-corrected chi connectivity index (χ2v) is 8.52. The highest BCUT2D eigenvalue weighted by atomic mass is 32.2. The van der Waals surface area contributed by atoms with Crippen molar-refractivity contribution in [2.24, 2.45) is 5.41 Å². The minimum atomic E-state index is -4.36. The molecule has 28 heavy (non-hydrogen) atoms. The van der Waals surface area contributed by atoms with Gasteiger partial charge < -0.3 is 5.11 Å². The van der Waals surface area contributed by atoms with E-state index in [1.807, 2.05) is 5.48 Å². The molecular weight excluding hydrogens is 392 g/mol. The van der Waals surface area contributed by atoms with E-state index < -0.39 is 32.3 Å². The summed E-state index contributed by atoms with van der Waals surface area (Å²) in [6.45, 7) is 0. The van der Waals surface area contributed by atoms with Crippen LogP contribution in [0.15, 0.2) is 29.2 Å². The lowest BCUT2D eigenvalue weighted by Crippen LogP contribution is -2.34. The Bertz CT molecular complexity index is 827. The SMILES string of the molecule is O=C(O)CC1(CC(=O)NOS(=O)(=O)c2ccc([N+](=O)[O-])cc2)CCCCCC1. The van der Waals surface area contributed by atoms with Crippen LogP contribution in [-0.4, -0.2) is 30.3 Å². The number of carboxylic acids is 1. The third-order valence-corrected chi connectivity index (χ3v) is 5.98. The molecule has 0 radical (unpaired) electrons. The van der Waals surface area contributed by atoms with Gasteiger partial charge in [-0.15, -0.1) is 4.28 Å². The van der Waals surface area contributed by atoms with Crippen LogP contribution in [0.1, 0.15) is 51.4 Å². The van der Waals surface area contributed by atoms with Gasteiger partial charge in [0, 0.05) is 18.6 Å². The van der Waals surface area contributed by atoms with Gasteiger partial charge in [-0.2, -0.15) is 8.42 Å². The molecule has 1 aliphatic carbocycles. The van der Waals surface area contributed by atoms with Gasteiger partial charge in [0.2, 0.25) is 5.91 Å². The van der Waals surface area contributed by atoms with Crippen LogP contribution in [0.3, 0.4) is 0 Å². The van der Waals surface area contributed by atoms with E-state index >= 15 is 0 Å². The number of benzene rings is 1.